The Balaban J connectivity index is 1.98. The summed E-state index contributed by atoms with van der Waals surface area (Å²) in [6.07, 6.45) is 4.54. The fourth-order valence-electron chi connectivity index (χ4n) is 2.94. The normalized spacial score (nSPS) is 18.8. The van der Waals surface area contributed by atoms with Crippen molar-refractivity contribution in [2.75, 3.05) is 19.7 Å². The van der Waals surface area contributed by atoms with Crippen molar-refractivity contribution in [2.24, 2.45) is 5.92 Å². The third kappa shape index (κ3) is 4.37. The van der Waals surface area contributed by atoms with Gasteiger partial charge in [-0.25, -0.2) is 0 Å². The minimum atomic E-state index is 0.139. The number of rotatable bonds is 5. The first-order valence-electron chi connectivity index (χ1n) is 7.73. The van der Waals surface area contributed by atoms with Gasteiger partial charge >= 0.3 is 0 Å². The maximum Gasteiger partial charge on any atom is 0.0540 e. The first-order valence-corrected chi connectivity index (χ1v) is 7.73. The number of hydrogen-bond donors (Lipinski definition) is 1. The smallest absolute Gasteiger partial charge is 0.0540 e. The molecule has 0 aliphatic carbocycles. The van der Waals surface area contributed by atoms with Crippen LogP contribution in [0.4, 0.5) is 0 Å². The van der Waals surface area contributed by atoms with Crippen molar-refractivity contribution in [1.82, 2.24) is 4.90 Å². The van der Waals surface area contributed by atoms with E-state index >= 15 is 0 Å². The lowest BCUT2D eigenvalue weighted by molar-refractivity contribution is 0.305. The van der Waals surface area contributed by atoms with Crippen molar-refractivity contribution in [3.05, 3.63) is 35.4 Å². The van der Waals surface area contributed by atoms with Crippen LogP contribution in [0.2, 0.25) is 0 Å². The summed E-state index contributed by atoms with van der Waals surface area (Å²) in [5, 5.41) is 8.81. The molecular weight excluding hydrogens is 246 g/mol. The fourth-order valence-corrected chi connectivity index (χ4v) is 2.94. The van der Waals surface area contributed by atoms with Gasteiger partial charge in [0.25, 0.3) is 0 Å². The largest absolute Gasteiger partial charge is 0.395 e. The average molecular weight is 271 g/mol. The van der Waals surface area contributed by atoms with E-state index in [2.05, 4.69) is 41.9 Å². The summed E-state index contributed by atoms with van der Waals surface area (Å²) in [6, 6.07) is 8.39. The van der Waals surface area contributed by atoms with Crippen molar-refractivity contribution < 1.29 is 5.11 Å². The summed E-state index contributed by atoms with van der Waals surface area (Å²) in [5.74, 6) is 7.10. The molecule has 0 bridgehead atoms. The molecule has 1 atom stereocenters. The molecule has 2 rings (SSSR count). The van der Waals surface area contributed by atoms with Crippen LogP contribution in [0.1, 0.15) is 43.7 Å². The van der Waals surface area contributed by atoms with Crippen LogP contribution in [0.25, 0.3) is 0 Å². The molecule has 1 aliphatic heterocycles. The third-order valence-corrected chi connectivity index (χ3v) is 3.94. The Morgan fingerprint density at radius 3 is 3.00 bits per heavy atom. The molecule has 1 saturated heterocycles. The van der Waals surface area contributed by atoms with Gasteiger partial charge in [0.1, 0.15) is 0 Å². The zero-order valence-electron chi connectivity index (χ0n) is 12.4. The van der Waals surface area contributed by atoms with E-state index in [-0.39, 0.29) is 6.61 Å². The summed E-state index contributed by atoms with van der Waals surface area (Å²) in [5.41, 5.74) is 2.43. The Labute approximate surface area is 122 Å². The van der Waals surface area contributed by atoms with Crippen LogP contribution in [0.3, 0.4) is 0 Å². The Morgan fingerprint density at radius 2 is 2.20 bits per heavy atom. The van der Waals surface area contributed by atoms with E-state index in [4.69, 9.17) is 5.11 Å². The number of aliphatic hydroxyl groups excluding tert-OH is 1. The molecule has 1 heterocycles. The predicted molar refractivity (Wildman–Crippen MR) is 83.3 cm³/mol. The second kappa shape index (κ2) is 8.09. The van der Waals surface area contributed by atoms with Crippen molar-refractivity contribution >= 4 is 0 Å². The predicted octanol–water partition coefficient (Wildman–Crippen LogP) is 3.04. The van der Waals surface area contributed by atoms with Crippen LogP contribution < -0.4 is 0 Å². The molecule has 1 aliphatic rings. The van der Waals surface area contributed by atoms with Gasteiger partial charge in [0.2, 0.25) is 0 Å². The van der Waals surface area contributed by atoms with E-state index in [0.29, 0.717) is 6.42 Å². The fraction of sp³-hybridized carbons (Fsp3) is 0.556. The van der Waals surface area contributed by atoms with Crippen LogP contribution in [0, 0.1) is 17.8 Å². The first kappa shape index (κ1) is 15.1. The number of likely N-dealkylation sites (tertiary alicyclic amines) is 1. The lowest BCUT2D eigenvalue weighted by atomic mass is 10.0. The standard InChI is InChI=1S/C18H25NO/c1-2-7-16-11-12-19(14-16)15-18-10-4-3-8-17(18)9-5-6-13-20/h3-4,8,10,16,20H,2,6-7,11-15H2,1H3. The van der Waals surface area contributed by atoms with E-state index in [0.717, 1.165) is 18.0 Å². The monoisotopic (exact) mass is 271 g/mol. The lowest BCUT2D eigenvalue weighted by Gasteiger charge is -2.17. The number of hydrogen-bond acceptors (Lipinski definition) is 2. The van der Waals surface area contributed by atoms with E-state index in [1.54, 1.807) is 0 Å². The number of benzene rings is 1. The second-order valence-corrected chi connectivity index (χ2v) is 5.61. The highest BCUT2D eigenvalue weighted by atomic mass is 16.2. The van der Waals surface area contributed by atoms with Gasteiger partial charge in [-0.2, -0.15) is 0 Å². The Morgan fingerprint density at radius 1 is 1.35 bits per heavy atom. The van der Waals surface area contributed by atoms with Crippen LogP contribution in [-0.2, 0) is 6.54 Å². The highest BCUT2D eigenvalue weighted by Gasteiger charge is 2.21. The molecule has 20 heavy (non-hydrogen) atoms. The summed E-state index contributed by atoms with van der Waals surface area (Å²) in [6.45, 7) is 5.86. The van der Waals surface area contributed by atoms with E-state index < -0.39 is 0 Å². The third-order valence-electron chi connectivity index (χ3n) is 3.94. The molecule has 108 valence electrons. The molecule has 2 nitrogen and oxygen atoms in total. The SMILES string of the molecule is CCCC1CCN(Cc2ccccc2C#CCCO)C1. The van der Waals surface area contributed by atoms with Gasteiger partial charge in [-0.1, -0.05) is 43.4 Å². The van der Waals surface area contributed by atoms with Gasteiger partial charge in [0, 0.05) is 25.1 Å². The van der Waals surface area contributed by atoms with Crippen LogP contribution >= 0.6 is 0 Å². The van der Waals surface area contributed by atoms with E-state index in [1.807, 2.05) is 6.07 Å². The molecule has 0 spiro atoms. The number of nitrogens with zero attached hydrogens (tertiary/aromatic N) is 1. The zero-order valence-corrected chi connectivity index (χ0v) is 12.4. The minimum absolute atomic E-state index is 0.139. The molecular formula is C18H25NO. The molecule has 1 unspecified atom stereocenters. The van der Waals surface area contributed by atoms with E-state index in [9.17, 15) is 0 Å². The van der Waals surface area contributed by atoms with Crippen LogP contribution in [0.5, 0.6) is 0 Å². The first-order chi connectivity index (χ1) is 9.83. The zero-order chi connectivity index (χ0) is 14.2. The molecule has 2 heteroatoms. The van der Waals surface area contributed by atoms with Crippen molar-refractivity contribution in [2.45, 2.75) is 39.2 Å². The quantitative estimate of drug-likeness (QED) is 0.832. The minimum Gasteiger partial charge on any atom is -0.395 e. The Kier molecular flexibility index (Phi) is 6.11. The molecule has 1 aromatic rings. The van der Waals surface area contributed by atoms with E-state index in [1.165, 1.54) is 37.9 Å². The molecule has 0 amide bonds. The average Bonchev–Trinajstić information content (AvgIpc) is 2.89. The van der Waals surface area contributed by atoms with Crippen LogP contribution in [-0.4, -0.2) is 29.7 Å². The molecule has 1 fully saturated rings. The highest BCUT2D eigenvalue weighted by molar-refractivity contribution is 5.41. The molecule has 0 saturated carbocycles. The Hall–Kier alpha value is -1.30. The second-order valence-electron chi connectivity index (χ2n) is 5.61. The van der Waals surface area contributed by atoms with Crippen molar-refractivity contribution in [3.63, 3.8) is 0 Å². The molecule has 0 aromatic heterocycles. The summed E-state index contributed by atoms with van der Waals surface area (Å²) in [7, 11) is 0. The summed E-state index contributed by atoms with van der Waals surface area (Å²) >= 11 is 0. The van der Waals surface area contributed by atoms with Crippen molar-refractivity contribution in [3.8, 4) is 11.8 Å². The molecule has 1 aromatic carbocycles. The lowest BCUT2D eigenvalue weighted by Crippen LogP contribution is -2.20. The maximum absolute atomic E-state index is 8.81. The Bertz CT molecular complexity index is 472. The van der Waals surface area contributed by atoms with Gasteiger partial charge in [-0.3, -0.25) is 4.90 Å². The van der Waals surface area contributed by atoms with Gasteiger partial charge < -0.3 is 5.11 Å². The van der Waals surface area contributed by atoms with Crippen molar-refractivity contribution in [1.29, 1.82) is 0 Å². The maximum atomic E-state index is 8.81. The van der Waals surface area contributed by atoms with Gasteiger partial charge in [-0.15, -0.1) is 0 Å². The number of aliphatic hydroxyl groups is 1. The van der Waals surface area contributed by atoms with Gasteiger partial charge in [0.05, 0.1) is 6.61 Å². The van der Waals surface area contributed by atoms with Crippen LogP contribution in [0.15, 0.2) is 24.3 Å². The van der Waals surface area contributed by atoms with Gasteiger partial charge in [-0.05, 0) is 36.9 Å². The molecule has 1 N–H and O–H groups in total. The summed E-state index contributed by atoms with van der Waals surface area (Å²) < 4.78 is 0. The topological polar surface area (TPSA) is 23.5 Å². The van der Waals surface area contributed by atoms with Gasteiger partial charge in [0.15, 0.2) is 0 Å². The molecule has 0 radical (unpaired) electrons. The highest BCUT2D eigenvalue weighted by Crippen LogP contribution is 2.23. The summed E-state index contributed by atoms with van der Waals surface area (Å²) in [4.78, 5) is 2.55.